The van der Waals surface area contributed by atoms with E-state index in [0.29, 0.717) is 33.8 Å². The van der Waals surface area contributed by atoms with E-state index in [1.807, 2.05) is 50.3 Å². The molecule has 0 unspecified atom stereocenters. The number of thiophene rings is 1. The van der Waals surface area contributed by atoms with Crippen molar-refractivity contribution in [3.63, 3.8) is 0 Å². The molecule has 0 amide bonds. The second-order valence-electron chi connectivity index (χ2n) is 7.32. The fraction of sp³-hybridized carbons (Fsp3) is 0.318. The van der Waals surface area contributed by atoms with Crippen molar-refractivity contribution >= 4 is 34.6 Å². The smallest absolute Gasteiger partial charge is 0.226 e. The first-order valence-corrected chi connectivity index (χ1v) is 10.8. The lowest BCUT2D eigenvalue weighted by Crippen LogP contribution is -2.33. The summed E-state index contributed by atoms with van der Waals surface area (Å²) >= 11 is 7.18. The van der Waals surface area contributed by atoms with Gasteiger partial charge in [-0.1, -0.05) is 23.7 Å². The van der Waals surface area contributed by atoms with Crippen molar-refractivity contribution in [2.75, 3.05) is 34.2 Å². The van der Waals surface area contributed by atoms with Crippen molar-refractivity contribution in [2.45, 2.75) is 12.8 Å². The lowest BCUT2D eigenvalue weighted by atomic mass is 10.1. The quantitative estimate of drug-likeness (QED) is 0.294. The van der Waals surface area contributed by atoms with E-state index in [4.69, 9.17) is 21.4 Å². The van der Waals surface area contributed by atoms with Crippen molar-refractivity contribution in [2.24, 2.45) is 0 Å². The molecule has 1 aromatic carbocycles. The highest BCUT2D eigenvalue weighted by molar-refractivity contribution is 7.18. The van der Waals surface area contributed by atoms with Crippen LogP contribution in [0.25, 0.3) is 11.5 Å². The predicted octanol–water partition coefficient (Wildman–Crippen LogP) is 4.69. The molecule has 0 radical (unpaired) electrons. The van der Waals surface area contributed by atoms with Gasteiger partial charge in [-0.2, -0.15) is 0 Å². The van der Waals surface area contributed by atoms with Gasteiger partial charge in [0.05, 0.1) is 14.9 Å². The van der Waals surface area contributed by atoms with Gasteiger partial charge in [-0.05, 0) is 38.4 Å². The molecule has 0 bridgehead atoms. The van der Waals surface area contributed by atoms with Crippen LogP contribution in [0.4, 0.5) is 0 Å². The molecular weight excluding hydrogens is 420 g/mol. The molecule has 0 aliphatic heterocycles. The van der Waals surface area contributed by atoms with Crippen molar-refractivity contribution in [3.05, 3.63) is 63.1 Å². The minimum absolute atomic E-state index is 0.0534. The van der Waals surface area contributed by atoms with Crippen molar-refractivity contribution in [1.82, 2.24) is 14.8 Å². The van der Waals surface area contributed by atoms with Crippen LogP contribution in [0.2, 0.25) is 4.34 Å². The molecule has 0 saturated carbocycles. The van der Waals surface area contributed by atoms with Crippen molar-refractivity contribution in [3.8, 4) is 11.5 Å². The molecule has 8 heteroatoms. The van der Waals surface area contributed by atoms with Crippen LogP contribution in [-0.2, 0) is 6.42 Å². The van der Waals surface area contributed by atoms with Gasteiger partial charge in [0.1, 0.15) is 12.1 Å². The van der Waals surface area contributed by atoms with Gasteiger partial charge in [0.25, 0.3) is 0 Å². The SMILES string of the molecule is CN(C)CCN(C)C(=N)c1ccc(-c2nc(CCC(=O)c3ccc(Cl)s3)co2)cc1. The number of halogens is 1. The summed E-state index contributed by atoms with van der Waals surface area (Å²) in [5.41, 5.74) is 2.42. The molecule has 2 heterocycles. The molecule has 0 aliphatic carbocycles. The summed E-state index contributed by atoms with van der Waals surface area (Å²) in [4.78, 5) is 21.4. The number of carbonyl (C=O) groups excluding carboxylic acids is 1. The summed E-state index contributed by atoms with van der Waals surface area (Å²) < 4.78 is 6.21. The second kappa shape index (κ2) is 10.0. The lowest BCUT2D eigenvalue weighted by Gasteiger charge is -2.22. The first-order chi connectivity index (χ1) is 14.3. The Balaban J connectivity index is 1.58. The number of amidine groups is 1. The summed E-state index contributed by atoms with van der Waals surface area (Å²) in [5, 5.41) is 8.36. The van der Waals surface area contributed by atoms with E-state index in [0.717, 1.165) is 29.9 Å². The van der Waals surface area contributed by atoms with E-state index < -0.39 is 0 Å². The van der Waals surface area contributed by atoms with Crippen LogP contribution in [0.15, 0.2) is 47.1 Å². The first kappa shape index (κ1) is 22.2. The first-order valence-electron chi connectivity index (χ1n) is 9.61. The largest absolute Gasteiger partial charge is 0.444 e. The highest BCUT2D eigenvalue weighted by atomic mass is 35.5. The number of hydrogen-bond donors (Lipinski definition) is 1. The number of benzene rings is 1. The number of nitrogens with one attached hydrogen (secondary N) is 1. The van der Waals surface area contributed by atoms with E-state index in [9.17, 15) is 4.79 Å². The summed E-state index contributed by atoms with van der Waals surface area (Å²) in [6, 6.07) is 11.1. The Labute approximate surface area is 185 Å². The number of carbonyl (C=O) groups is 1. The molecule has 2 aromatic heterocycles. The number of nitrogens with zero attached hydrogens (tertiary/aromatic N) is 3. The maximum absolute atomic E-state index is 12.2. The van der Waals surface area contributed by atoms with Crippen molar-refractivity contribution in [1.29, 1.82) is 5.41 Å². The van der Waals surface area contributed by atoms with Gasteiger partial charge in [-0.15, -0.1) is 11.3 Å². The highest BCUT2D eigenvalue weighted by Crippen LogP contribution is 2.24. The molecule has 158 valence electrons. The molecule has 3 aromatic rings. The van der Waals surface area contributed by atoms with Crippen LogP contribution >= 0.6 is 22.9 Å². The standard InChI is InChI=1S/C22H25ClN4O2S/c1-26(2)12-13-27(3)21(24)15-4-6-16(7-5-15)22-25-17(14-29-22)8-9-18(28)19-10-11-20(23)30-19/h4-7,10-11,14,24H,8-9,12-13H2,1-3H3. The van der Waals surface area contributed by atoms with Crippen LogP contribution in [0.1, 0.15) is 27.3 Å². The normalized spacial score (nSPS) is 11.1. The molecule has 0 spiro atoms. The van der Waals surface area contributed by atoms with Gasteiger partial charge in [-0.25, -0.2) is 4.98 Å². The molecule has 0 fully saturated rings. The Morgan fingerprint density at radius 3 is 2.50 bits per heavy atom. The number of likely N-dealkylation sites (N-methyl/N-ethyl adjacent to an activating group) is 2. The monoisotopic (exact) mass is 444 g/mol. The Morgan fingerprint density at radius 1 is 1.13 bits per heavy atom. The molecular formula is C22H25ClN4O2S. The van der Waals surface area contributed by atoms with E-state index in [2.05, 4.69) is 9.88 Å². The predicted molar refractivity (Wildman–Crippen MR) is 122 cm³/mol. The van der Waals surface area contributed by atoms with Crippen LogP contribution in [0.3, 0.4) is 0 Å². The third-order valence-corrected chi connectivity index (χ3v) is 5.95. The highest BCUT2D eigenvalue weighted by Gasteiger charge is 2.13. The number of ketones is 1. The van der Waals surface area contributed by atoms with Crippen molar-refractivity contribution < 1.29 is 9.21 Å². The third kappa shape index (κ3) is 5.78. The Hall–Kier alpha value is -2.48. The molecule has 0 saturated heterocycles. The maximum Gasteiger partial charge on any atom is 0.226 e. The van der Waals surface area contributed by atoms with Crippen LogP contribution in [0.5, 0.6) is 0 Å². The van der Waals surface area contributed by atoms with E-state index >= 15 is 0 Å². The van der Waals surface area contributed by atoms with Gasteiger partial charge < -0.3 is 14.2 Å². The minimum atomic E-state index is 0.0534. The summed E-state index contributed by atoms with van der Waals surface area (Å²) in [7, 11) is 5.96. The van der Waals surface area contributed by atoms with Crippen LogP contribution in [-0.4, -0.2) is 60.6 Å². The Kier molecular flexibility index (Phi) is 7.42. The number of rotatable bonds is 9. The maximum atomic E-state index is 12.2. The third-order valence-electron chi connectivity index (χ3n) is 4.68. The van der Waals surface area contributed by atoms with Gasteiger partial charge in [0, 0.05) is 44.1 Å². The van der Waals surface area contributed by atoms with Gasteiger partial charge in [-0.3, -0.25) is 10.2 Å². The molecule has 0 atom stereocenters. The lowest BCUT2D eigenvalue weighted by molar-refractivity contribution is 0.0986. The van der Waals surface area contributed by atoms with Crippen LogP contribution < -0.4 is 0 Å². The van der Waals surface area contributed by atoms with Gasteiger partial charge in [0.2, 0.25) is 5.89 Å². The van der Waals surface area contributed by atoms with Gasteiger partial charge in [0.15, 0.2) is 5.78 Å². The zero-order valence-corrected chi connectivity index (χ0v) is 18.9. The van der Waals surface area contributed by atoms with Crippen LogP contribution in [0, 0.1) is 5.41 Å². The number of Topliss-reactive ketones (excluding diaryl/α,β-unsaturated/α-hetero) is 1. The average molecular weight is 445 g/mol. The number of aromatic nitrogens is 1. The zero-order chi connectivity index (χ0) is 21.7. The van der Waals surface area contributed by atoms with E-state index in [1.165, 1.54) is 11.3 Å². The minimum Gasteiger partial charge on any atom is -0.444 e. The fourth-order valence-electron chi connectivity index (χ4n) is 2.84. The molecule has 6 nitrogen and oxygen atoms in total. The fourth-order valence-corrected chi connectivity index (χ4v) is 3.85. The molecule has 30 heavy (non-hydrogen) atoms. The zero-order valence-electron chi connectivity index (χ0n) is 17.3. The van der Waals surface area contributed by atoms with E-state index in [-0.39, 0.29) is 5.78 Å². The number of oxazole rings is 1. The summed E-state index contributed by atoms with van der Waals surface area (Å²) in [6.45, 7) is 1.67. The number of hydrogen-bond acceptors (Lipinski definition) is 6. The summed E-state index contributed by atoms with van der Waals surface area (Å²) in [6.07, 6.45) is 2.46. The Morgan fingerprint density at radius 2 is 1.87 bits per heavy atom. The topological polar surface area (TPSA) is 73.4 Å². The van der Waals surface area contributed by atoms with Gasteiger partial charge >= 0.3 is 0 Å². The second-order valence-corrected chi connectivity index (χ2v) is 9.04. The average Bonchev–Trinajstić information content (AvgIpc) is 3.39. The molecule has 3 rings (SSSR count). The van der Waals surface area contributed by atoms with E-state index in [1.54, 1.807) is 18.4 Å². The molecule has 1 N–H and O–H groups in total. The summed E-state index contributed by atoms with van der Waals surface area (Å²) in [5.74, 6) is 1.04. The number of aryl methyl sites for hydroxylation is 1. The molecule has 0 aliphatic rings. The Bertz CT molecular complexity index is 1010.